The van der Waals surface area contributed by atoms with Crippen LogP contribution in [0.4, 0.5) is 5.69 Å². The number of phenolic OH excluding ortho intramolecular Hbond substituents is 2. The van der Waals surface area contributed by atoms with Crippen molar-refractivity contribution >= 4 is 23.0 Å². The fourth-order valence-corrected chi connectivity index (χ4v) is 4.32. The van der Waals surface area contributed by atoms with E-state index in [0.717, 1.165) is 0 Å². The number of hydrogen-bond acceptors (Lipinski definition) is 8. The van der Waals surface area contributed by atoms with Gasteiger partial charge in [-0.2, -0.15) is 0 Å². The second-order valence-electron chi connectivity index (χ2n) is 8.24. The van der Waals surface area contributed by atoms with Gasteiger partial charge in [-0.05, 0) is 52.0 Å². The molecule has 1 atom stereocenters. The molecule has 1 heterocycles. The van der Waals surface area contributed by atoms with Gasteiger partial charge in [0.1, 0.15) is 39.7 Å². The highest BCUT2D eigenvalue weighted by Gasteiger charge is 2.56. The van der Waals surface area contributed by atoms with Crippen LogP contribution in [0.15, 0.2) is 47.4 Å². The molecule has 33 heavy (non-hydrogen) atoms. The lowest BCUT2D eigenvalue weighted by Gasteiger charge is -2.29. The third-order valence-corrected chi connectivity index (χ3v) is 6.18. The third kappa shape index (κ3) is 3.09. The maximum Gasteiger partial charge on any atom is 0.194 e. The van der Waals surface area contributed by atoms with Gasteiger partial charge < -0.3 is 25.0 Å². The van der Waals surface area contributed by atoms with Crippen LogP contribution < -0.4 is 14.8 Å². The Morgan fingerprint density at radius 2 is 1.73 bits per heavy atom. The van der Waals surface area contributed by atoms with Crippen LogP contribution in [-0.2, 0) is 15.0 Å². The minimum atomic E-state index is -1.55. The van der Waals surface area contributed by atoms with Gasteiger partial charge in [0.15, 0.2) is 17.3 Å². The number of Topliss-reactive ketones (excluding diaryl/α,β-unsaturated/α-hetero) is 2. The van der Waals surface area contributed by atoms with E-state index in [1.807, 2.05) is 0 Å². The summed E-state index contributed by atoms with van der Waals surface area (Å²) in [6, 6.07) is 6.97. The number of carbonyl (C=O) groups is 3. The molecule has 0 unspecified atom stereocenters. The molecule has 0 aromatic heterocycles. The zero-order valence-corrected chi connectivity index (χ0v) is 18.8. The largest absolute Gasteiger partial charge is 0.507 e. The quantitative estimate of drug-likeness (QED) is 0.367. The summed E-state index contributed by atoms with van der Waals surface area (Å²) in [5.41, 5.74) is -0.712. The van der Waals surface area contributed by atoms with Gasteiger partial charge in [0, 0.05) is 23.0 Å². The molecular formula is C25H23NO7. The number of benzene rings is 2. The third-order valence-electron chi connectivity index (χ3n) is 6.18. The SMILES string of the molecule is COc1ccc(N/C(C)=C2/C(=O)C=C3Oc4c(C(C)=O)c(O)c(C)c(O)c4[C@@]3(C)C2=O)cc1. The van der Waals surface area contributed by atoms with Crippen molar-refractivity contribution in [1.29, 1.82) is 0 Å². The lowest BCUT2D eigenvalue weighted by atomic mass is 9.70. The van der Waals surface area contributed by atoms with E-state index in [4.69, 9.17) is 9.47 Å². The zero-order chi connectivity index (χ0) is 24.2. The number of fused-ring (bicyclic) bond motifs is 3. The topological polar surface area (TPSA) is 122 Å². The average Bonchev–Trinajstić information content (AvgIpc) is 3.05. The number of ether oxygens (including phenoxy) is 2. The summed E-state index contributed by atoms with van der Waals surface area (Å²) in [5.74, 6) is -1.89. The minimum absolute atomic E-state index is 0.00343. The number of anilines is 1. The van der Waals surface area contributed by atoms with E-state index in [0.29, 0.717) is 17.1 Å². The monoisotopic (exact) mass is 449 g/mol. The second kappa shape index (κ2) is 7.51. The van der Waals surface area contributed by atoms with Crippen molar-refractivity contribution < 1.29 is 34.1 Å². The highest BCUT2D eigenvalue weighted by atomic mass is 16.5. The molecule has 8 nitrogen and oxygen atoms in total. The highest BCUT2D eigenvalue weighted by molar-refractivity contribution is 6.31. The first-order chi connectivity index (χ1) is 15.5. The van der Waals surface area contributed by atoms with Gasteiger partial charge in [-0.3, -0.25) is 14.4 Å². The number of methoxy groups -OCH3 is 1. The first-order valence-corrected chi connectivity index (χ1v) is 10.2. The number of hydrogen-bond donors (Lipinski definition) is 3. The molecule has 2 aromatic rings. The molecule has 0 fully saturated rings. The summed E-state index contributed by atoms with van der Waals surface area (Å²) in [7, 11) is 1.55. The molecule has 4 rings (SSSR count). The standard InChI is InChI=1S/C25H23NO7/c1-11-21(29)19(13(3)27)23-20(22(11)30)25(4)17(33-23)10-16(28)18(24(25)31)12(2)26-14-6-8-15(32-5)9-7-14/h6-10,26,29-30H,1-5H3/b18-12-/t25-/m0/s1. The zero-order valence-electron chi connectivity index (χ0n) is 18.8. The maximum absolute atomic E-state index is 13.7. The molecular weight excluding hydrogens is 426 g/mol. The van der Waals surface area contributed by atoms with E-state index in [2.05, 4.69) is 5.32 Å². The highest BCUT2D eigenvalue weighted by Crippen LogP contribution is 2.57. The van der Waals surface area contributed by atoms with Gasteiger partial charge >= 0.3 is 0 Å². The van der Waals surface area contributed by atoms with Crippen molar-refractivity contribution in [2.75, 3.05) is 12.4 Å². The van der Waals surface area contributed by atoms with Crippen LogP contribution in [0, 0.1) is 6.92 Å². The van der Waals surface area contributed by atoms with E-state index in [1.165, 1.54) is 26.8 Å². The Bertz CT molecular complexity index is 1300. The van der Waals surface area contributed by atoms with Crippen LogP contribution in [-0.4, -0.2) is 34.7 Å². The molecule has 2 aliphatic rings. The van der Waals surface area contributed by atoms with Crippen molar-refractivity contribution in [2.24, 2.45) is 0 Å². The first-order valence-electron chi connectivity index (χ1n) is 10.2. The molecule has 8 heteroatoms. The Balaban J connectivity index is 1.87. The number of phenols is 2. The normalized spacial score (nSPS) is 20.5. The number of ketones is 3. The Kier molecular flexibility index (Phi) is 5.04. The van der Waals surface area contributed by atoms with Gasteiger partial charge in [0.05, 0.1) is 18.2 Å². The molecule has 0 radical (unpaired) electrons. The first kappa shape index (κ1) is 22.1. The smallest absolute Gasteiger partial charge is 0.194 e. The van der Waals surface area contributed by atoms with Crippen molar-refractivity contribution in [2.45, 2.75) is 33.1 Å². The summed E-state index contributed by atoms with van der Waals surface area (Å²) in [6.45, 7) is 5.82. The van der Waals surface area contributed by atoms with Gasteiger partial charge in [0.2, 0.25) is 0 Å². The van der Waals surface area contributed by atoms with Crippen molar-refractivity contribution in [1.82, 2.24) is 0 Å². The fourth-order valence-electron chi connectivity index (χ4n) is 4.32. The Morgan fingerprint density at radius 3 is 2.30 bits per heavy atom. The van der Waals surface area contributed by atoms with Crippen LogP contribution in [0.3, 0.4) is 0 Å². The average molecular weight is 449 g/mol. The summed E-state index contributed by atoms with van der Waals surface area (Å²) in [6.07, 6.45) is 1.19. The number of allylic oxidation sites excluding steroid dienone is 4. The Morgan fingerprint density at radius 1 is 1.09 bits per heavy atom. The van der Waals surface area contributed by atoms with Gasteiger partial charge in [-0.25, -0.2) is 0 Å². The summed E-state index contributed by atoms with van der Waals surface area (Å²) < 4.78 is 10.9. The van der Waals surface area contributed by atoms with Crippen molar-refractivity contribution in [3.8, 4) is 23.0 Å². The Hall–Kier alpha value is -4.07. The van der Waals surface area contributed by atoms with E-state index in [-0.39, 0.29) is 39.5 Å². The molecule has 0 spiro atoms. The van der Waals surface area contributed by atoms with Crippen LogP contribution in [0.1, 0.15) is 42.3 Å². The van der Waals surface area contributed by atoms with E-state index in [1.54, 1.807) is 38.3 Å². The minimum Gasteiger partial charge on any atom is -0.507 e. The van der Waals surface area contributed by atoms with Crippen molar-refractivity contribution in [3.63, 3.8) is 0 Å². The van der Waals surface area contributed by atoms with Crippen LogP contribution in [0.2, 0.25) is 0 Å². The van der Waals surface area contributed by atoms with Crippen LogP contribution in [0.5, 0.6) is 23.0 Å². The molecule has 0 saturated carbocycles. The summed E-state index contributed by atoms with van der Waals surface area (Å²) in [5, 5.41) is 24.3. The molecule has 1 aliphatic heterocycles. The number of aromatic hydroxyl groups is 2. The molecule has 0 saturated heterocycles. The number of nitrogens with one attached hydrogen (secondary N) is 1. The molecule has 170 valence electrons. The predicted molar refractivity (Wildman–Crippen MR) is 120 cm³/mol. The molecule has 0 amide bonds. The molecule has 3 N–H and O–H groups in total. The fraction of sp³-hybridized carbons (Fsp3) is 0.240. The lowest BCUT2D eigenvalue weighted by Crippen LogP contribution is -2.40. The van der Waals surface area contributed by atoms with E-state index < -0.39 is 28.5 Å². The van der Waals surface area contributed by atoms with Crippen molar-refractivity contribution in [3.05, 3.63) is 64.1 Å². The second-order valence-corrected chi connectivity index (χ2v) is 8.24. The van der Waals surface area contributed by atoms with E-state index in [9.17, 15) is 24.6 Å². The lowest BCUT2D eigenvalue weighted by molar-refractivity contribution is -0.123. The van der Waals surface area contributed by atoms with Crippen LogP contribution >= 0.6 is 0 Å². The van der Waals surface area contributed by atoms with Crippen LogP contribution in [0.25, 0.3) is 0 Å². The maximum atomic E-state index is 13.7. The van der Waals surface area contributed by atoms with E-state index >= 15 is 0 Å². The molecule has 0 bridgehead atoms. The predicted octanol–water partition coefficient (Wildman–Crippen LogP) is 3.69. The summed E-state index contributed by atoms with van der Waals surface area (Å²) >= 11 is 0. The van der Waals surface area contributed by atoms with Gasteiger partial charge in [0.25, 0.3) is 0 Å². The number of carbonyl (C=O) groups excluding carboxylic acids is 3. The van der Waals surface area contributed by atoms with Gasteiger partial charge in [-0.15, -0.1) is 0 Å². The number of rotatable bonds is 4. The Labute approximate surface area is 190 Å². The molecule has 2 aromatic carbocycles. The van der Waals surface area contributed by atoms with Gasteiger partial charge in [-0.1, -0.05) is 0 Å². The molecule has 1 aliphatic carbocycles. The summed E-state index contributed by atoms with van der Waals surface area (Å²) in [4.78, 5) is 38.9.